The first-order chi connectivity index (χ1) is 8.09. The Hall–Kier alpha value is -1.74. The second-order valence-corrected chi connectivity index (χ2v) is 4.23. The zero-order valence-corrected chi connectivity index (χ0v) is 9.04. The van der Waals surface area contributed by atoms with Crippen LogP contribution in [-0.4, -0.2) is 11.2 Å². The summed E-state index contributed by atoms with van der Waals surface area (Å²) in [4.78, 5) is 14.2. The summed E-state index contributed by atoms with van der Waals surface area (Å²) in [5.74, 6) is -3.07. The monoisotopic (exact) mass is 239 g/mol. The molecule has 0 spiro atoms. The first-order valence-corrected chi connectivity index (χ1v) is 5.36. The Balaban J connectivity index is 2.54. The predicted octanol–water partition coefficient (Wildman–Crippen LogP) is 2.78. The van der Waals surface area contributed by atoms with Gasteiger partial charge in [-0.2, -0.15) is 4.99 Å². The fourth-order valence-electron chi connectivity index (χ4n) is 2.35. The van der Waals surface area contributed by atoms with E-state index in [0.717, 1.165) is 25.0 Å². The summed E-state index contributed by atoms with van der Waals surface area (Å²) in [7, 11) is 0. The van der Waals surface area contributed by atoms with Gasteiger partial charge in [-0.15, -0.1) is 0 Å². The lowest BCUT2D eigenvalue weighted by Crippen LogP contribution is -2.19. The maximum Gasteiger partial charge on any atom is 0.235 e. The van der Waals surface area contributed by atoms with Crippen molar-refractivity contribution in [3.05, 3.63) is 29.3 Å². The van der Waals surface area contributed by atoms with Gasteiger partial charge in [0.2, 0.25) is 6.08 Å². The van der Waals surface area contributed by atoms with Crippen molar-refractivity contribution in [2.45, 2.75) is 31.2 Å². The van der Waals surface area contributed by atoms with Crippen LogP contribution in [0.2, 0.25) is 0 Å². The smallest absolute Gasteiger partial charge is 0.235 e. The van der Waals surface area contributed by atoms with Gasteiger partial charge in [0.25, 0.3) is 0 Å². The molecule has 1 aromatic carbocycles. The molecular formula is C12H11F2NO2. The molecule has 0 aromatic heterocycles. The maximum atomic E-state index is 13.3. The number of aromatic hydroxyl groups is 1. The number of isocyanates is 1. The molecule has 1 fully saturated rings. The summed E-state index contributed by atoms with van der Waals surface area (Å²) < 4.78 is 26.5. The van der Waals surface area contributed by atoms with E-state index < -0.39 is 22.9 Å². The van der Waals surface area contributed by atoms with Crippen molar-refractivity contribution >= 4 is 6.08 Å². The average Bonchev–Trinajstić information content (AvgIpc) is 2.75. The number of carbonyl (C=O) groups excluding carboxylic acids is 1. The summed E-state index contributed by atoms with van der Waals surface area (Å²) in [5.41, 5.74) is -0.594. The lowest BCUT2D eigenvalue weighted by molar-refractivity contribution is 0.388. The number of benzene rings is 1. The summed E-state index contributed by atoms with van der Waals surface area (Å²) >= 11 is 0. The van der Waals surface area contributed by atoms with E-state index >= 15 is 0 Å². The topological polar surface area (TPSA) is 49.7 Å². The molecule has 0 atom stereocenters. The molecule has 0 heterocycles. The third-order valence-corrected chi connectivity index (χ3v) is 3.24. The highest BCUT2D eigenvalue weighted by molar-refractivity contribution is 5.41. The molecule has 0 unspecified atom stereocenters. The minimum atomic E-state index is -1.03. The number of rotatable bonds is 2. The zero-order chi connectivity index (χ0) is 12.5. The normalized spacial score (nSPS) is 17.8. The van der Waals surface area contributed by atoms with Crippen LogP contribution in [0.1, 0.15) is 31.2 Å². The van der Waals surface area contributed by atoms with Gasteiger partial charge in [0, 0.05) is 0 Å². The maximum absolute atomic E-state index is 13.3. The number of hydrogen-bond donors (Lipinski definition) is 1. The summed E-state index contributed by atoms with van der Waals surface area (Å²) in [6.07, 6.45) is 4.28. The largest absolute Gasteiger partial charge is 0.503 e. The van der Waals surface area contributed by atoms with Crippen LogP contribution in [0.4, 0.5) is 8.78 Å². The Morgan fingerprint density at radius 2 is 1.76 bits per heavy atom. The van der Waals surface area contributed by atoms with Crippen LogP contribution in [0.5, 0.6) is 5.75 Å². The lowest BCUT2D eigenvalue weighted by atomic mass is 9.88. The second kappa shape index (κ2) is 4.26. The molecule has 0 radical (unpaired) electrons. The molecule has 90 valence electrons. The van der Waals surface area contributed by atoms with Crippen molar-refractivity contribution < 1.29 is 18.7 Å². The van der Waals surface area contributed by atoms with Crippen LogP contribution in [-0.2, 0) is 10.3 Å². The fraction of sp³-hybridized carbons (Fsp3) is 0.417. The molecular weight excluding hydrogens is 228 g/mol. The van der Waals surface area contributed by atoms with Crippen molar-refractivity contribution in [1.29, 1.82) is 0 Å². The highest BCUT2D eigenvalue weighted by Gasteiger charge is 2.36. The van der Waals surface area contributed by atoms with Gasteiger partial charge in [-0.05, 0) is 30.5 Å². The first kappa shape index (κ1) is 11.7. The van der Waals surface area contributed by atoms with Gasteiger partial charge in [-0.25, -0.2) is 13.6 Å². The van der Waals surface area contributed by atoms with Crippen molar-refractivity contribution in [3.63, 3.8) is 0 Å². The number of aliphatic imine (C=N–C) groups is 1. The van der Waals surface area contributed by atoms with E-state index in [9.17, 15) is 13.6 Å². The quantitative estimate of drug-likeness (QED) is 0.637. The van der Waals surface area contributed by atoms with Gasteiger partial charge in [-0.3, -0.25) is 0 Å². The van der Waals surface area contributed by atoms with E-state index in [2.05, 4.69) is 4.99 Å². The fourth-order valence-corrected chi connectivity index (χ4v) is 2.35. The van der Waals surface area contributed by atoms with Crippen LogP contribution in [0.3, 0.4) is 0 Å². The third kappa shape index (κ3) is 1.94. The second-order valence-electron chi connectivity index (χ2n) is 4.23. The van der Waals surface area contributed by atoms with E-state index in [1.54, 1.807) is 0 Å². The molecule has 1 saturated carbocycles. The molecule has 17 heavy (non-hydrogen) atoms. The first-order valence-electron chi connectivity index (χ1n) is 5.36. The van der Waals surface area contributed by atoms with E-state index in [4.69, 9.17) is 5.11 Å². The molecule has 0 aliphatic heterocycles. The number of phenolic OH excluding ortho intramolecular Hbond substituents is 1. The SMILES string of the molecule is O=C=NC1(c2cc(F)c(O)c(F)c2)CCCC1. The minimum Gasteiger partial charge on any atom is -0.503 e. The van der Waals surface area contributed by atoms with Gasteiger partial charge >= 0.3 is 0 Å². The van der Waals surface area contributed by atoms with Crippen LogP contribution < -0.4 is 0 Å². The molecule has 1 aromatic rings. The summed E-state index contributed by atoms with van der Waals surface area (Å²) in [6, 6.07) is 2.06. The number of nitrogens with zero attached hydrogens (tertiary/aromatic N) is 1. The summed E-state index contributed by atoms with van der Waals surface area (Å²) in [5, 5.41) is 9.03. The molecule has 2 rings (SSSR count). The molecule has 0 saturated heterocycles. The van der Waals surface area contributed by atoms with Gasteiger partial charge < -0.3 is 5.11 Å². The average molecular weight is 239 g/mol. The standard InChI is InChI=1S/C12H11F2NO2/c13-9-5-8(6-10(14)11(9)17)12(15-7-16)3-1-2-4-12/h5-6,17H,1-4H2. The van der Waals surface area contributed by atoms with E-state index in [0.29, 0.717) is 12.8 Å². The van der Waals surface area contributed by atoms with Crippen molar-refractivity contribution in [3.8, 4) is 5.75 Å². The van der Waals surface area contributed by atoms with Gasteiger partial charge in [0.05, 0.1) is 5.54 Å². The van der Waals surface area contributed by atoms with Crippen LogP contribution in [0.15, 0.2) is 17.1 Å². The molecule has 1 N–H and O–H groups in total. The van der Waals surface area contributed by atoms with Crippen molar-refractivity contribution in [1.82, 2.24) is 0 Å². The molecule has 0 bridgehead atoms. The van der Waals surface area contributed by atoms with Crippen molar-refractivity contribution in [2.75, 3.05) is 0 Å². The molecule has 3 nitrogen and oxygen atoms in total. The molecule has 1 aliphatic rings. The highest BCUT2D eigenvalue weighted by atomic mass is 19.1. The molecule has 1 aliphatic carbocycles. The van der Waals surface area contributed by atoms with Crippen molar-refractivity contribution in [2.24, 2.45) is 4.99 Å². The van der Waals surface area contributed by atoms with Crippen LogP contribution >= 0.6 is 0 Å². The van der Waals surface area contributed by atoms with Gasteiger partial charge in [0.1, 0.15) is 0 Å². The lowest BCUT2D eigenvalue weighted by Gasteiger charge is -2.23. The Kier molecular flexibility index (Phi) is 2.94. The summed E-state index contributed by atoms with van der Waals surface area (Å²) in [6.45, 7) is 0. The van der Waals surface area contributed by atoms with Crippen LogP contribution in [0, 0.1) is 11.6 Å². The number of phenols is 1. The molecule has 0 amide bonds. The Morgan fingerprint density at radius 1 is 1.24 bits per heavy atom. The van der Waals surface area contributed by atoms with Gasteiger partial charge in [0.15, 0.2) is 17.4 Å². The Morgan fingerprint density at radius 3 is 2.24 bits per heavy atom. The Labute approximate surface area is 96.8 Å². The van der Waals surface area contributed by atoms with Gasteiger partial charge in [-0.1, -0.05) is 12.8 Å². The van der Waals surface area contributed by atoms with E-state index in [1.807, 2.05) is 0 Å². The minimum absolute atomic E-state index is 0.283. The van der Waals surface area contributed by atoms with Crippen LogP contribution in [0.25, 0.3) is 0 Å². The van der Waals surface area contributed by atoms with E-state index in [-0.39, 0.29) is 5.56 Å². The third-order valence-electron chi connectivity index (χ3n) is 3.24. The predicted molar refractivity (Wildman–Crippen MR) is 56.3 cm³/mol. The highest BCUT2D eigenvalue weighted by Crippen LogP contribution is 2.43. The van der Waals surface area contributed by atoms with E-state index in [1.165, 1.54) is 6.08 Å². The number of hydrogen-bond acceptors (Lipinski definition) is 3. The Bertz CT molecular complexity index is 466. The zero-order valence-electron chi connectivity index (χ0n) is 9.04. The number of halogens is 2. The molecule has 5 heteroatoms.